The van der Waals surface area contributed by atoms with Crippen LogP contribution in [0.4, 0.5) is 0 Å². The summed E-state index contributed by atoms with van der Waals surface area (Å²) in [5.74, 6) is 0. The molecule has 0 amide bonds. The number of benzene rings is 1. The highest BCUT2D eigenvalue weighted by Crippen LogP contribution is 2.24. The number of thiophene rings is 1. The minimum Gasteiger partial charge on any atom is -0.316 e. The van der Waals surface area contributed by atoms with Gasteiger partial charge in [-0.3, -0.25) is 0 Å². The third-order valence-corrected chi connectivity index (χ3v) is 5.38. The van der Waals surface area contributed by atoms with Crippen molar-refractivity contribution in [1.29, 1.82) is 0 Å². The fourth-order valence-electron chi connectivity index (χ4n) is 2.19. The maximum absolute atomic E-state index is 6.07. The van der Waals surface area contributed by atoms with Crippen molar-refractivity contribution in [2.75, 3.05) is 7.05 Å². The molecule has 0 saturated heterocycles. The van der Waals surface area contributed by atoms with E-state index in [0.29, 0.717) is 16.1 Å². The molecule has 0 radical (unpaired) electrons. The van der Waals surface area contributed by atoms with E-state index < -0.39 is 0 Å². The Hall–Kier alpha value is -0.540. The average molecular weight is 328 g/mol. The van der Waals surface area contributed by atoms with E-state index in [9.17, 15) is 0 Å². The molecule has 1 nitrogen and oxygen atoms in total. The van der Waals surface area contributed by atoms with Crippen molar-refractivity contribution in [3.05, 3.63) is 55.7 Å². The predicted molar refractivity (Wildman–Crippen MR) is 90.4 cm³/mol. The zero-order valence-electron chi connectivity index (χ0n) is 11.7. The Balaban J connectivity index is 2.02. The summed E-state index contributed by atoms with van der Waals surface area (Å²) in [5, 5.41) is 4.63. The third kappa shape index (κ3) is 4.23. The lowest BCUT2D eigenvalue weighted by Gasteiger charge is -2.15. The highest BCUT2D eigenvalue weighted by atomic mass is 35.5. The number of aryl methyl sites for hydroxylation is 1. The van der Waals surface area contributed by atoms with Gasteiger partial charge in [0.05, 0.1) is 10.0 Å². The van der Waals surface area contributed by atoms with Crippen LogP contribution in [0.5, 0.6) is 0 Å². The van der Waals surface area contributed by atoms with Gasteiger partial charge >= 0.3 is 0 Å². The van der Waals surface area contributed by atoms with Crippen molar-refractivity contribution >= 4 is 34.5 Å². The van der Waals surface area contributed by atoms with E-state index in [4.69, 9.17) is 23.2 Å². The summed E-state index contributed by atoms with van der Waals surface area (Å²) < 4.78 is 0. The van der Waals surface area contributed by atoms with Gasteiger partial charge in [-0.2, -0.15) is 0 Å². The molecule has 2 aromatic rings. The molecule has 0 fully saturated rings. The van der Waals surface area contributed by atoms with E-state index in [1.807, 2.05) is 36.6 Å². The lowest BCUT2D eigenvalue weighted by molar-refractivity contribution is 0.560. The van der Waals surface area contributed by atoms with Crippen LogP contribution in [0.15, 0.2) is 30.3 Å². The average Bonchev–Trinajstić information content (AvgIpc) is 2.90. The molecule has 1 N–H and O–H groups in total. The quantitative estimate of drug-likeness (QED) is 0.788. The zero-order valence-corrected chi connectivity index (χ0v) is 14.1. The molecule has 0 saturated carbocycles. The summed E-state index contributed by atoms with van der Waals surface area (Å²) in [6.45, 7) is 2.20. The van der Waals surface area contributed by atoms with E-state index in [2.05, 4.69) is 24.4 Å². The van der Waals surface area contributed by atoms with Gasteiger partial charge in [0.15, 0.2) is 0 Å². The van der Waals surface area contributed by atoms with Crippen LogP contribution in [0.25, 0.3) is 0 Å². The fourth-order valence-corrected chi connectivity index (χ4v) is 3.55. The molecular formula is C16H19Cl2NS. The summed E-state index contributed by atoms with van der Waals surface area (Å²) in [5.41, 5.74) is 1.21. The van der Waals surface area contributed by atoms with Crippen LogP contribution in [0, 0.1) is 0 Å². The Morgan fingerprint density at radius 1 is 1.05 bits per heavy atom. The molecule has 1 aromatic carbocycles. The number of nitrogens with one attached hydrogen (secondary N) is 1. The molecule has 0 spiro atoms. The smallest absolute Gasteiger partial charge is 0.0595 e. The Kier molecular flexibility index (Phi) is 5.91. The Morgan fingerprint density at radius 2 is 1.80 bits per heavy atom. The van der Waals surface area contributed by atoms with E-state index in [1.54, 1.807) is 0 Å². The molecule has 1 unspecified atom stereocenters. The van der Waals surface area contributed by atoms with Gasteiger partial charge in [-0.05, 0) is 56.1 Å². The molecule has 0 bridgehead atoms. The number of hydrogen-bond acceptors (Lipinski definition) is 2. The monoisotopic (exact) mass is 327 g/mol. The van der Waals surface area contributed by atoms with Gasteiger partial charge in [-0.25, -0.2) is 0 Å². The molecular weight excluding hydrogens is 309 g/mol. The minimum atomic E-state index is 0.413. The second-order valence-corrected chi connectivity index (χ2v) is 6.93. The Morgan fingerprint density at radius 3 is 2.40 bits per heavy atom. The van der Waals surface area contributed by atoms with Gasteiger partial charge in [0, 0.05) is 15.8 Å². The van der Waals surface area contributed by atoms with Crippen LogP contribution in [0.1, 0.15) is 22.2 Å². The third-order valence-electron chi connectivity index (χ3n) is 3.39. The standard InChI is InChI=1S/C16H19Cl2NS/c1-3-13-5-6-14(20-13)10-12(19-2)8-11-4-7-15(17)16(18)9-11/h4-7,9,12,19H,3,8,10H2,1-2H3. The molecule has 1 atom stereocenters. The van der Waals surface area contributed by atoms with Crippen molar-refractivity contribution in [3.63, 3.8) is 0 Å². The molecule has 1 aromatic heterocycles. The van der Waals surface area contributed by atoms with Gasteiger partial charge in [0.2, 0.25) is 0 Å². The summed E-state index contributed by atoms with van der Waals surface area (Å²) in [6.07, 6.45) is 3.11. The van der Waals surface area contributed by atoms with E-state index in [0.717, 1.165) is 19.3 Å². The fraction of sp³-hybridized carbons (Fsp3) is 0.375. The van der Waals surface area contributed by atoms with Crippen molar-refractivity contribution in [1.82, 2.24) is 5.32 Å². The molecule has 1 heterocycles. The number of hydrogen-bond donors (Lipinski definition) is 1. The number of likely N-dealkylation sites (N-methyl/N-ethyl adjacent to an activating group) is 1. The van der Waals surface area contributed by atoms with Crippen LogP contribution < -0.4 is 5.32 Å². The van der Waals surface area contributed by atoms with E-state index in [1.165, 1.54) is 15.3 Å². The molecule has 0 aliphatic rings. The highest BCUT2D eigenvalue weighted by Gasteiger charge is 2.11. The van der Waals surface area contributed by atoms with E-state index in [-0.39, 0.29) is 0 Å². The van der Waals surface area contributed by atoms with Crippen LogP contribution in [-0.2, 0) is 19.3 Å². The second-order valence-electron chi connectivity index (χ2n) is 4.86. The van der Waals surface area contributed by atoms with Gasteiger partial charge in [-0.15, -0.1) is 11.3 Å². The summed E-state index contributed by atoms with van der Waals surface area (Å²) >= 11 is 13.9. The Labute approximate surface area is 134 Å². The molecule has 0 aliphatic heterocycles. The maximum Gasteiger partial charge on any atom is 0.0595 e. The summed E-state index contributed by atoms with van der Waals surface area (Å²) in [6, 6.07) is 10.8. The lowest BCUT2D eigenvalue weighted by Crippen LogP contribution is -2.29. The first-order valence-corrected chi connectivity index (χ1v) is 8.38. The van der Waals surface area contributed by atoms with Gasteiger partial charge in [0.25, 0.3) is 0 Å². The number of rotatable bonds is 6. The largest absolute Gasteiger partial charge is 0.316 e. The highest BCUT2D eigenvalue weighted by molar-refractivity contribution is 7.11. The zero-order chi connectivity index (χ0) is 14.5. The van der Waals surface area contributed by atoms with Crippen LogP contribution >= 0.6 is 34.5 Å². The van der Waals surface area contributed by atoms with Gasteiger partial charge < -0.3 is 5.32 Å². The van der Waals surface area contributed by atoms with Gasteiger partial charge in [0.1, 0.15) is 0 Å². The van der Waals surface area contributed by atoms with Crippen molar-refractivity contribution < 1.29 is 0 Å². The van der Waals surface area contributed by atoms with Crippen molar-refractivity contribution in [2.45, 2.75) is 32.2 Å². The van der Waals surface area contributed by atoms with Crippen LogP contribution in [-0.4, -0.2) is 13.1 Å². The molecule has 108 valence electrons. The first-order valence-electron chi connectivity index (χ1n) is 6.81. The van der Waals surface area contributed by atoms with Gasteiger partial charge in [-0.1, -0.05) is 36.2 Å². The topological polar surface area (TPSA) is 12.0 Å². The van der Waals surface area contributed by atoms with Crippen molar-refractivity contribution in [3.8, 4) is 0 Å². The minimum absolute atomic E-state index is 0.413. The maximum atomic E-state index is 6.07. The lowest BCUT2D eigenvalue weighted by atomic mass is 10.0. The molecule has 20 heavy (non-hydrogen) atoms. The molecule has 2 rings (SSSR count). The summed E-state index contributed by atoms with van der Waals surface area (Å²) in [4.78, 5) is 2.88. The van der Waals surface area contributed by atoms with Crippen LogP contribution in [0.2, 0.25) is 10.0 Å². The first-order chi connectivity index (χ1) is 9.62. The second kappa shape index (κ2) is 7.46. The van der Waals surface area contributed by atoms with Crippen molar-refractivity contribution in [2.24, 2.45) is 0 Å². The Bertz CT molecular complexity index is 565. The number of halogens is 2. The SMILES string of the molecule is CCc1ccc(CC(Cc2ccc(Cl)c(Cl)c2)NC)s1. The molecule has 4 heteroatoms. The molecule has 0 aliphatic carbocycles. The summed E-state index contributed by atoms with van der Waals surface area (Å²) in [7, 11) is 2.01. The first kappa shape index (κ1) is 15.8. The van der Waals surface area contributed by atoms with Crippen LogP contribution in [0.3, 0.4) is 0 Å². The predicted octanol–water partition coefficient (Wildman–Crippen LogP) is 4.99. The normalized spacial score (nSPS) is 12.6. The van der Waals surface area contributed by atoms with E-state index >= 15 is 0 Å².